The molecule has 1 amide bonds. The highest BCUT2D eigenvalue weighted by atomic mass is 16.3. The van der Waals surface area contributed by atoms with Crippen molar-refractivity contribution in [2.75, 3.05) is 53.4 Å². The van der Waals surface area contributed by atoms with E-state index < -0.39 is 6.10 Å². The van der Waals surface area contributed by atoms with Crippen LogP contribution in [0.25, 0.3) is 0 Å². The highest BCUT2D eigenvalue weighted by Crippen LogP contribution is 2.16. The van der Waals surface area contributed by atoms with Crippen LogP contribution >= 0.6 is 0 Å². The molecule has 1 fully saturated rings. The summed E-state index contributed by atoms with van der Waals surface area (Å²) in [5.41, 5.74) is 1.43. The van der Waals surface area contributed by atoms with Gasteiger partial charge < -0.3 is 10.0 Å². The number of benzene rings is 1. The molecule has 1 saturated heterocycles. The number of hydrogen-bond acceptors (Lipinski definition) is 5. The van der Waals surface area contributed by atoms with Crippen molar-refractivity contribution < 1.29 is 9.90 Å². The minimum Gasteiger partial charge on any atom is -0.387 e. The Morgan fingerprint density at radius 1 is 1.21 bits per heavy atom. The molecule has 1 unspecified atom stereocenters. The molecule has 0 aliphatic carbocycles. The molecule has 1 N–H and O–H groups in total. The Bertz CT molecular complexity index is 580. The van der Waals surface area contributed by atoms with Gasteiger partial charge in [0.15, 0.2) is 0 Å². The predicted octanol–water partition coefficient (Wildman–Crippen LogP) is 0.688. The first kappa shape index (κ1) is 18.4. The fraction of sp³-hybridized carbons (Fsp3) is 0.556. The van der Waals surface area contributed by atoms with Gasteiger partial charge in [-0.25, -0.2) is 0 Å². The summed E-state index contributed by atoms with van der Waals surface area (Å²) < 4.78 is 0. The maximum absolute atomic E-state index is 11.8. The predicted molar refractivity (Wildman–Crippen MR) is 92.3 cm³/mol. The lowest BCUT2D eigenvalue weighted by Crippen LogP contribution is -2.39. The van der Waals surface area contributed by atoms with Crippen LogP contribution in [0.5, 0.6) is 0 Å². The molecule has 1 aliphatic heterocycles. The molecule has 6 nitrogen and oxygen atoms in total. The van der Waals surface area contributed by atoms with E-state index in [1.807, 2.05) is 12.1 Å². The summed E-state index contributed by atoms with van der Waals surface area (Å²) in [5.74, 6) is 0.126. The van der Waals surface area contributed by atoms with Crippen LogP contribution in [0.1, 0.15) is 23.7 Å². The number of aliphatic hydroxyl groups is 1. The SMILES string of the molecule is CN(C)C(=O)CN1CCCN(CC(O)c2ccc(C#N)cc2)CC1. The van der Waals surface area contributed by atoms with Crippen molar-refractivity contribution in [1.29, 1.82) is 5.26 Å². The molecule has 1 aromatic carbocycles. The standard InChI is InChI=1S/C18H26N4O2/c1-20(2)18(24)14-22-9-3-8-21(10-11-22)13-17(23)16-6-4-15(12-19)5-7-16/h4-7,17,23H,3,8-11,13-14H2,1-2H3. The second kappa shape index (κ2) is 8.78. The second-order valence-electron chi connectivity index (χ2n) is 6.47. The van der Waals surface area contributed by atoms with Gasteiger partial charge in [-0.05, 0) is 37.2 Å². The lowest BCUT2D eigenvalue weighted by Gasteiger charge is -2.24. The summed E-state index contributed by atoms with van der Waals surface area (Å²) in [6.45, 7) is 4.52. The monoisotopic (exact) mass is 330 g/mol. The molecular weight excluding hydrogens is 304 g/mol. The number of nitriles is 1. The van der Waals surface area contributed by atoms with Crippen LogP contribution in [0.3, 0.4) is 0 Å². The zero-order valence-electron chi connectivity index (χ0n) is 14.5. The van der Waals surface area contributed by atoms with Crippen LogP contribution in [0.2, 0.25) is 0 Å². The van der Waals surface area contributed by atoms with Crippen molar-refractivity contribution in [3.05, 3.63) is 35.4 Å². The van der Waals surface area contributed by atoms with E-state index in [0.717, 1.165) is 38.2 Å². The van der Waals surface area contributed by atoms with E-state index in [-0.39, 0.29) is 5.91 Å². The zero-order chi connectivity index (χ0) is 17.5. The zero-order valence-corrected chi connectivity index (χ0v) is 14.5. The summed E-state index contributed by atoms with van der Waals surface area (Å²) in [4.78, 5) is 17.9. The number of rotatable bonds is 5. The first-order valence-corrected chi connectivity index (χ1v) is 8.32. The molecule has 6 heteroatoms. The second-order valence-corrected chi connectivity index (χ2v) is 6.47. The minimum atomic E-state index is -0.562. The average molecular weight is 330 g/mol. The van der Waals surface area contributed by atoms with Gasteiger partial charge in [-0.2, -0.15) is 5.26 Å². The number of β-amino-alcohol motifs (C(OH)–C–C–N with tert-alkyl or cyclic N) is 1. The summed E-state index contributed by atoms with van der Waals surface area (Å²) in [6.07, 6.45) is 0.425. The lowest BCUT2D eigenvalue weighted by molar-refractivity contribution is -0.129. The first-order chi connectivity index (χ1) is 11.5. The minimum absolute atomic E-state index is 0.126. The van der Waals surface area contributed by atoms with Crippen LogP contribution in [0.15, 0.2) is 24.3 Å². The Hall–Kier alpha value is -1.94. The van der Waals surface area contributed by atoms with E-state index >= 15 is 0 Å². The highest BCUT2D eigenvalue weighted by molar-refractivity contribution is 5.77. The Balaban J connectivity index is 1.85. The van der Waals surface area contributed by atoms with Gasteiger partial charge in [0.25, 0.3) is 0 Å². The topological polar surface area (TPSA) is 70.8 Å². The summed E-state index contributed by atoms with van der Waals surface area (Å²) in [6, 6.07) is 9.16. The maximum Gasteiger partial charge on any atom is 0.236 e. The lowest BCUT2D eigenvalue weighted by atomic mass is 10.1. The van der Waals surface area contributed by atoms with E-state index in [0.29, 0.717) is 18.7 Å². The summed E-state index contributed by atoms with van der Waals surface area (Å²) in [5, 5.41) is 19.2. The number of likely N-dealkylation sites (N-methyl/N-ethyl adjacent to an activating group) is 1. The van der Waals surface area contributed by atoms with Crippen molar-refractivity contribution in [3.63, 3.8) is 0 Å². The average Bonchev–Trinajstić information content (AvgIpc) is 2.80. The molecular formula is C18H26N4O2. The quantitative estimate of drug-likeness (QED) is 0.860. The van der Waals surface area contributed by atoms with E-state index in [9.17, 15) is 9.90 Å². The Morgan fingerprint density at radius 2 is 1.83 bits per heavy atom. The van der Waals surface area contributed by atoms with Gasteiger partial charge in [-0.3, -0.25) is 14.6 Å². The molecule has 0 radical (unpaired) electrons. The molecule has 0 aromatic heterocycles. The maximum atomic E-state index is 11.8. The van der Waals surface area contributed by atoms with E-state index in [1.54, 1.807) is 31.1 Å². The Labute approximate surface area is 143 Å². The van der Waals surface area contributed by atoms with Gasteiger partial charge in [-0.15, -0.1) is 0 Å². The van der Waals surface area contributed by atoms with Crippen molar-refractivity contribution in [2.45, 2.75) is 12.5 Å². The molecule has 130 valence electrons. The molecule has 0 spiro atoms. The molecule has 24 heavy (non-hydrogen) atoms. The van der Waals surface area contributed by atoms with Gasteiger partial charge in [0, 0.05) is 33.7 Å². The Morgan fingerprint density at radius 3 is 2.46 bits per heavy atom. The van der Waals surface area contributed by atoms with Crippen molar-refractivity contribution in [3.8, 4) is 6.07 Å². The molecule has 0 saturated carbocycles. The number of carbonyl (C=O) groups is 1. The first-order valence-electron chi connectivity index (χ1n) is 8.32. The van der Waals surface area contributed by atoms with Crippen molar-refractivity contribution in [1.82, 2.24) is 14.7 Å². The van der Waals surface area contributed by atoms with E-state index in [4.69, 9.17) is 5.26 Å². The van der Waals surface area contributed by atoms with Crippen molar-refractivity contribution >= 4 is 5.91 Å². The number of nitrogens with zero attached hydrogens (tertiary/aromatic N) is 4. The van der Waals surface area contributed by atoms with Gasteiger partial charge in [0.1, 0.15) is 0 Å². The van der Waals surface area contributed by atoms with E-state index in [1.165, 1.54) is 0 Å². The molecule has 1 aromatic rings. The molecule has 1 heterocycles. The summed E-state index contributed by atoms with van der Waals surface area (Å²) >= 11 is 0. The molecule has 0 bridgehead atoms. The molecule has 2 rings (SSSR count). The van der Waals surface area contributed by atoms with Crippen LogP contribution in [-0.2, 0) is 4.79 Å². The van der Waals surface area contributed by atoms with Crippen LogP contribution in [0.4, 0.5) is 0 Å². The van der Waals surface area contributed by atoms with Crippen molar-refractivity contribution in [2.24, 2.45) is 0 Å². The number of aliphatic hydroxyl groups excluding tert-OH is 1. The Kier molecular flexibility index (Phi) is 6.73. The van der Waals surface area contributed by atoms with Crippen LogP contribution in [0, 0.1) is 11.3 Å². The normalized spacial score (nSPS) is 17.8. The van der Waals surface area contributed by atoms with E-state index in [2.05, 4.69) is 15.9 Å². The fourth-order valence-electron chi connectivity index (χ4n) is 2.83. The number of hydrogen-bond donors (Lipinski definition) is 1. The molecule has 1 atom stereocenters. The van der Waals surface area contributed by atoms with Gasteiger partial charge in [0.2, 0.25) is 5.91 Å². The smallest absolute Gasteiger partial charge is 0.236 e. The third-order valence-corrected chi connectivity index (χ3v) is 4.39. The fourth-order valence-corrected chi connectivity index (χ4v) is 2.83. The number of amides is 1. The molecule has 1 aliphatic rings. The third kappa shape index (κ3) is 5.31. The number of carbonyl (C=O) groups excluding carboxylic acids is 1. The van der Waals surface area contributed by atoms with Crippen LogP contribution < -0.4 is 0 Å². The van der Waals surface area contributed by atoms with Gasteiger partial charge >= 0.3 is 0 Å². The largest absolute Gasteiger partial charge is 0.387 e. The van der Waals surface area contributed by atoms with Gasteiger partial charge in [0.05, 0.1) is 24.3 Å². The van der Waals surface area contributed by atoms with Crippen LogP contribution in [-0.4, -0.2) is 79.1 Å². The third-order valence-electron chi connectivity index (χ3n) is 4.39. The highest BCUT2D eigenvalue weighted by Gasteiger charge is 2.20. The summed E-state index contributed by atoms with van der Waals surface area (Å²) in [7, 11) is 3.56. The van der Waals surface area contributed by atoms with Gasteiger partial charge in [-0.1, -0.05) is 12.1 Å².